The highest BCUT2D eigenvalue weighted by atomic mass is 16.5. The second-order valence-corrected chi connectivity index (χ2v) is 8.15. The van der Waals surface area contributed by atoms with Crippen molar-refractivity contribution in [3.05, 3.63) is 23.9 Å². The Kier molecular flexibility index (Phi) is 5.53. The Bertz CT molecular complexity index is 670. The lowest BCUT2D eigenvalue weighted by Gasteiger charge is -2.61. The zero-order valence-electron chi connectivity index (χ0n) is 16.5. The van der Waals surface area contributed by atoms with Crippen LogP contribution in [0.15, 0.2) is 23.3 Å². The number of nitrogens with zero attached hydrogens (tertiary/aromatic N) is 2. The predicted molar refractivity (Wildman–Crippen MR) is 106 cm³/mol. The summed E-state index contributed by atoms with van der Waals surface area (Å²) in [4.78, 5) is 8.73. The summed E-state index contributed by atoms with van der Waals surface area (Å²) < 4.78 is 11.7. The van der Waals surface area contributed by atoms with Crippen LogP contribution in [0.5, 0.6) is 5.88 Å². The molecule has 3 saturated carbocycles. The van der Waals surface area contributed by atoms with Gasteiger partial charge < -0.3 is 20.1 Å². The molecule has 0 aromatic carbocycles. The molecule has 2 unspecified atom stereocenters. The number of ether oxygens (including phenoxy) is 2. The number of pyridine rings is 1. The van der Waals surface area contributed by atoms with E-state index in [2.05, 4.69) is 27.5 Å². The normalized spacial score (nSPS) is 26.2. The molecule has 148 valence electrons. The number of aliphatic imine (C=N–C) groups is 1. The van der Waals surface area contributed by atoms with Gasteiger partial charge in [-0.2, -0.15) is 0 Å². The first kappa shape index (κ1) is 18.5. The second kappa shape index (κ2) is 8.05. The predicted octanol–water partition coefficient (Wildman–Crippen LogP) is 2.88. The summed E-state index contributed by atoms with van der Waals surface area (Å²) in [6.07, 6.45) is 9.72. The lowest BCUT2D eigenvalue weighted by Crippen LogP contribution is -2.68. The van der Waals surface area contributed by atoms with Crippen LogP contribution in [0.1, 0.15) is 51.0 Å². The van der Waals surface area contributed by atoms with Crippen molar-refractivity contribution in [1.82, 2.24) is 15.6 Å². The molecule has 3 aliphatic rings. The maximum atomic E-state index is 5.95. The van der Waals surface area contributed by atoms with Gasteiger partial charge in [0.15, 0.2) is 5.96 Å². The van der Waals surface area contributed by atoms with Crippen molar-refractivity contribution >= 4 is 5.96 Å². The zero-order valence-corrected chi connectivity index (χ0v) is 16.5. The standard InChI is InChI=1S/C21H32N4O2/c1-3-26-18-12-17(21(18)8-4-9-21)25-20(22-2)24-13-16-7-10-23-19(11-16)27-14-15-5-6-15/h7,10-11,15,17-18H,3-6,8-9,12-14H2,1-2H3,(H2,22,24,25). The molecule has 2 atom stereocenters. The molecule has 0 saturated heterocycles. The number of hydrogen-bond acceptors (Lipinski definition) is 4. The Labute approximate surface area is 162 Å². The summed E-state index contributed by atoms with van der Waals surface area (Å²) in [5, 5.41) is 7.07. The van der Waals surface area contributed by atoms with Crippen molar-refractivity contribution in [2.24, 2.45) is 16.3 Å². The molecule has 1 aromatic rings. The Hall–Kier alpha value is -1.82. The maximum Gasteiger partial charge on any atom is 0.213 e. The fourth-order valence-corrected chi connectivity index (χ4v) is 4.31. The van der Waals surface area contributed by atoms with E-state index < -0.39 is 0 Å². The van der Waals surface area contributed by atoms with Crippen LogP contribution < -0.4 is 15.4 Å². The van der Waals surface area contributed by atoms with Crippen LogP contribution in [0.25, 0.3) is 0 Å². The van der Waals surface area contributed by atoms with Gasteiger partial charge in [-0.3, -0.25) is 4.99 Å². The summed E-state index contributed by atoms with van der Waals surface area (Å²) >= 11 is 0. The van der Waals surface area contributed by atoms with Crippen molar-refractivity contribution in [3.8, 4) is 5.88 Å². The van der Waals surface area contributed by atoms with E-state index in [9.17, 15) is 0 Å². The largest absolute Gasteiger partial charge is 0.477 e. The quantitative estimate of drug-likeness (QED) is 0.542. The van der Waals surface area contributed by atoms with Crippen LogP contribution >= 0.6 is 0 Å². The first-order valence-corrected chi connectivity index (χ1v) is 10.4. The summed E-state index contributed by atoms with van der Waals surface area (Å²) in [6, 6.07) is 4.50. The summed E-state index contributed by atoms with van der Waals surface area (Å²) in [6.45, 7) is 4.39. The van der Waals surface area contributed by atoms with Crippen LogP contribution in [0.2, 0.25) is 0 Å². The van der Waals surface area contributed by atoms with Gasteiger partial charge in [0, 0.05) is 43.9 Å². The number of aromatic nitrogens is 1. The highest BCUT2D eigenvalue weighted by molar-refractivity contribution is 5.80. The number of guanidine groups is 1. The lowest BCUT2D eigenvalue weighted by molar-refractivity contribution is -0.168. The molecular formula is C21H32N4O2. The lowest BCUT2D eigenvalue weighted by atomic mass is 9.51. The van der Waals surface area contributed by atoms with E-state index in [0.717, 1.165) is 43.0 Å². The number of nitrogens with one attached hydrogen (secondary N) is 2. The molecule has 3 fully saturated rings. The Morgan fingerprint density at radius 2 is 2.22 bits per heavy atom. The van der Waals surface area contributed by atoms with E-state index in [0.29, 0.717) is 24.1 Å². The Morgan fingerprint density at radius 3 is 2.89 bits per heavy atom. The monoisotopic (exact) mass is 372 g/mol. The third kappa shape index (κ3) is 4.05. The van der Waals surface area contributed by atoms with Crippen LogP contribution in [0, 0.1) is 11.3 Å². The SMILES string of the molecule is CCOC1CC(NC(=NC)NCc2ccnc(OCC3CC3)c2)C12CCC2. The van der Waals surface area contributed by atoms with E-state index in [1.807, 2.05) is 25.4 Å². The van der Waals surface area contributed by atoms with Gasteiger partial charge in [-0.05, 0) is 56.6 Å². The minimum absolute atomic E-state index is 0.327. The van der Waals surface area contributed by atoms with Crippen LogP contribution in [-0.4, -0.2) is 43.4 Å². The Morgan fingerprint density at radius 1 is 1.37 bits per heavy atom. The second-order valence-electron chi connectivity index (χ2n) is 8.15. The van der Waals surface area contributed by atoms with E-state index >= 15 is 0 Å². The molecule has 6 heteroatoms. The van der Waals surface area contributed by atoms with Gasteiger partial charge in [0.1, 0.15) is 0 Å². The molecule has 6 nitrogen and oxygen atoms in total. The summed E-state index contributed by atoms with van der Waals surface area (Å²) in [5.41, 5.74) is 1.48. The average Bonchev–Trinajstić information content (AvgIpc) is 3.45. The molecule has 0 amide bonds. The smallest absolute Gasteiger partial charge is 0.213 e. The molecule has 0 aliphatic heterocycles. The molecule has 4 rings (SSSR count). The molecular weight excluding hydrogens is 340 g/mol. The van der Waals surface area contributed by atoms with E-state index in [1.54, 1.807) is 0 Å². The van der Waals surface area contributed by atoms with Gasteiger partial charge in [0.25, 0.3) is 0 Å². The minimum atomic E-state index is 0.327. The van der Waals surface area contributed by atoms with Crippen LogP contribution in [0.4, 0.5) is 0 Å². The fourth-order valence-electron chi connectivity index (χ4n) is 4.31. The molecule has 2 N–H and O–H groups in total. The molecule has 0 radical (unpaired) electrons. The van der Waals surface area contributed by atoms with Crippen molar-refractivity contribution < 1.29 is 9.47 Å². The summed E-state index contributed by atoms with van der Waals surface area (Å²) in [5.74, 6) is 2.31. The van der Waals surface area contributed by atoms with Gasteiger partial charge in [-0.1, -0.05) is 6.42 Å². The molecule has 3 aliphatic carbocycles. The van der Waals surface area contributed by atoms with Crippen molar-refractivity contribution in [2.75, 3.05) is 20.3 Å². The van der Waals surface area contributed by atoms with Crippen LogP contribution in [0.3, 0.4) is 0 Å². The molecule has 1 heterocycles. The fraction of sp³-hybridized carbons (Fsp3) is 0.714. The zero-order chi connectivity index (χ0) is 18.7. The minimum Gasteiger partial charge on any atom is -0.477 e. The number of rotatable bonds is 8. The molecule has 1 aromatic heterocycles. The van der Waals surface area contributed by atoms with Crippen molar-refractivity contribution in [3.63, 3.8) is 0 Å². The molecule has 1 spiro atoms. The van der Waals surface area contributed by atoms with Crippen LogP contribution in [-0.2, 0) is 11.3 Å². The third-order valence-corrected chi connectivity index (χ3v) is 6.39. The van der Waals surface area contributed by atoms with Gasteiger partial charge in [-0.15, -0.1) is 0 Å². The van der Waals surface area contributed by atoms with Gasteiger partial charge in [0.05, 0.1) is 12.7 Å². The first-order valence-electron chi connectivity index (χ1n) is 10.4. The van der Waals surface area contributed by atoms with Gasteiger partial charge >= 0.3 is 0 Å². The molecule has 0 bridgehead atoms. The highest BCUT2D eigenvalue weighted by Crippen LogP contribution is 2.57. The maximum absolute atomic E-state index is 5.95. The van der Waals surface area contributed by atoms with E-state index in [4.69, 9.17) is 9.47 Å². The highest BCUT2D eigenvalue weighted by Gasteiger charge is 2.59. The van der Waals surface area contributed by atoms with Crippen molar-refractivity contribution in [2.45, 2.75) is 64.1 Å². The van der Waals surface area contributed by atoms with Gasteiger partial charge in [-0.25, -0.2) is 4.98 Å². The third-order valence-electron chi connectivity index (χ3n) is 6.39. The topological polar surface area (TPSA) is 67.8 Å². The van der Waals surface area contributed by atoms with E-state index in [-0.39, 0.29) is 0 Å². The number of hydrogen-bond donors (Lipinski definition) is 2. The summed E-state index contributed by atoms with van der Waals surface area (Å²) in [7, 11) is 1.83. The Balaban J connectivity index is 1.28. The first-order chi connectivity index (χ1) is 13.2. The van der Waals surface area contributed by atoms with Crippen molar-refractivity contribution in [1.29, 1.82) is 0 Å². The molecule has 27 heavy (non-hydrogen) atoms. The van der Waals surface area contributed by atoms with E-state index in [1.165, 1.54) is 32.1 Å². The average molecular weight is 373 g/mol. The van der Waals surface area contributed by atoms with Gasteiger partial charge in [0.2, 0.25) is 5.88 Å².